The second kappa shape index (κ2) is 17.0. The molecule has 1 aliphatic carbocycles. The van der Waals surface area contributed by atoms with Crippen LogP contribution in [0.2, 0.25) is 0 Å². The minimum atomic E-state index is -4.36. The number of aliphatic hydroxyl groups excluding tert-OH is 1. The number of aliphatic hydroxyl groups is 1. The van der Waals surface area contributed by atoms with Gasteiger partial charge in [0.05, 0.1) is 29.8 Å². The fourth-order valence-electron chi connectivity index (χ4n) is 9.01. The lowest BCUT2D eigenvalue weighted by molar-refractivity contribution is -0.133. The van der Waals surface area contributed by atoms with E-state index in [0.717, 1.165) is 65.0 Å². The number of nitrogens with zero attached hydrogens (tertiary/aromatic N) is 5. The maximum Gasteiger partial charge on any atom is 0.301 e. The SMILES string of the molecule is O=C1CCC(N2Cc3cc(C(O)CCN4CCN(c5ccc(-c6cnc7[nH]cc(C(=O)c8c(F)ccc(NS(=O)(=O)N9CC[C@@H](F)C9)c8F)c7c6)cc5)CC4)ccc3C2=O)C(=O)C1. The molecule has 0 radical (unpaired) electrons. The molecule has 3 aromatic carbocycles. The van der Waals surface area contributed by atoms with Crippen LogP contribution >= 0.6 is 0 Å². The van der Waals surface area contributed by atoms with E-state index < -0.39 is 63.7 Å². The normalized spacial score (nSPS) is 20.5. The van der Waals surface area contributed by atoms with E-state index in [9.17, 15) is 37.1 Å². The zero-order valence-corrected chi connectivity index (χ0v) is 34.8. The lowest BCUT2D eigenvalue weighted by atomic mass is 9.92. The predicted octanol–water partition coefficient (Wildman–Crippen LogP) is 5.33. The Bertz CT molecular complexity index is 2760. The molecular formula is C45H44F3N7O7S. The number of alkyl halides is 1. The molecule has 328 valence electrons. The van der Waals surface area contributed by atoms with Crippen LogP contribution in [0.1, 0.15) is 75.6 Å². The summed E-state index contributed by atoms with van der Waals surface area (Å²) in [6.45, 7) is 3.52. The molecule has 63 heavy (non-hydrogen) atoms. The fourth-order valence-corrected chi connectivity index (χ4v) is 10.3. The van der Waals surface area contributed by atoms with Crippen molar-refractivity contribution in [2.75, 3.05) is 55.4 Å². The molecule has 3 aliphatic heterocycles. The Morgan fingerprint density at radius 3 is 2.46 bits per heavy atom. The summed E-state index contributed by atoms with van der Waals surface area (Å²) in [6, 6.07) is 15.9. The Hall–Kier alpha value is -5.95. The van der Waals surface area contributed by atoms with Crippen LogP contribution in [0, 0.1) is 11.6 Å². The number of halogens is 3. The number of Topliss-reactive ketones (excluding diaryl/α,β-unsaturated/α-hetero) is 2. The number of hydrogen-bond donors (Lipinski definition) is 3. The lowest BCUT2D eigenvalue weighted by Crippen LogP contribution is -2.46. The Morgan fingerprint density at radius 2 is 1.73 bits per heavy atom. The van der Waals surface area contributed by atoms with Crippen LogP contribution in [-0.4, -0.2) is 119 Å². The van der Waals surface area contributed by atoms with E-state index in [-0.39, 0.29) is 49.0 Å². The number of hydrogen-bond acceptors (Lipinski definition) is 10. The number of nitrogens with one attached hydrogen (secondary N) is 2. The highest BCUT2D eigenvalue weighted by Gasteiger charge is 2.39. The van der Waals surface area contributed by atoms with Crippen LogP contribution in [0.5, 0.6) is 0 Å². The molecular weight excluding hydrogens is 840 g/mol. The van der Waals surface area contributed by atoms with Gasteiger partial charge in [-0.25, -0.2) is 18.2 Å². The number of carbonyl (C=O) groups is 4. The number of aromatic amines is 1. The molecule has 2 saturated heterocycles. The van der Waals surface area contributed by atoms with Crippen LogP contribution in [0.3, 0.4) is 0 Å². The van der Waals surface area contributed by atoms with E-state index in [1.54, 1.807) is 29.3 Å². The Kier molecular flexibility index (Phi) is 11.4. The molecule has 2 unspecified atom stereocenters. The molecule has 5 heterocycles. The Labute approximate surface area is 360 Å². The molecule has 3 fully saturated rings. The molecule has 9 rings (SSSR count). The summed E-state index contributed by atoms with van der Waals surface area (Å²) < 4.78 is 73.0. The first kappa shape index (κ1) is 42.4. The van der Waals surface area contributed by atoms with Crippen molar-refractivity contribution in [3.63, 3.8) is 0 Å². The summed E-state index contributed by atoms with van der Waals surface area (Å²) >= 11 is 0. The van der Waals surface area contributed by atoms with Crippen LogP contribution < -0.4 is 9.62 Å². The molecule has 0 spiro atoms. The molecule has 1 amide bonds. The fraction of sp³-hybridized carbons (Fsp3) is 0.356. The maximum atomic E-state index is 15.7. The average molecular weight is 884 g/mol. The van der Waals surface area contributed by atoms with Crippen molar-refractivity contribution < 1.29 is 45.9 Å². The molecule has 3 atom stereocenters. The maximum absolute atomic E-state index is 15.7. The summed E-state index contributed by atoms with van der Waals surface area (Å²) in [5.41, 5.74) is 3.10. The number of carbonyl (C=O) groups excluding carboxylic acids is 4. The molecule has 2 aromatic heterocycles. The third-order valence-electron chi connectivity index (χ3n) is 12.6. The smallest absolute Gasteiger partial charge is 0.301 e. The van der Waals surface area contributed by atoms with Gasteiger partial charge in [0.25, 0.3) is 5.91 Å². The summed E-state index contributed by atoms with van der Waals surface area (Å²) in [4.78, 5) is 64.5. The monoisotopic (exact) mass is 883 g/mol. The third kappa shape index (κ3) is 8.35. The molecule has 14 nitrogen and oxygen atoms in total. The van der Waals surface area contributed by atoms with Gasteiger partial charge in [-0.1, -0.05) is 24.3 Å². The Balaban J connectivity index is 0.807. The summed E-state index contributed by atoms with van der Waals surface area (Å²) in [7, 11) is -4.36. The van der Waals surface area contributed by atoms with Crippen LogP contribution in [0.15, 0.2) is 73.1 Å². The van der Waals surface area contributed by atoms with E-state index in [1.807, 2.05) is 35.1 Å². The van der Waals surface area contributed by atoms with Crippen molar-refractivity contribution in [1.29, 1.82) is 0 Å². The number of ketones is 3. The lowest BCUT2D eigenvalue weighted by Gasteiger charge is -2.36. The molecule has 18 heteroatoms. The highest BCUT2D eigenvalue weighted by atomic mass is 32.2. The third-order valence-corrected chi connectivity index (χ3v) is 14.1. The van der Waals surface area contributed by atoms with E-state index in [1.165, 1.54) is 6.20 Å². The largest absolute Gasteiger partial charge is 0.388 e. The van der Waals surface area contributed by atoms with Gasteiger partial charge in [0.1, 0.15) is 23.4 Å². The van der Waals surface area contributed by atoms with Gasteiger partial charge < -0.3 is 19.9 Å². The molecule has 5 aromatic rings. The van der Waals surface area contributed by atoms with E-state index >= 15 is 8.78 Å². The number of amides is 1. The number of anilines is 2. The van der Waals surface area contributed by atoms with Gasteiger partial charge in [0.2, 0.25) is 5.78 Å². The number of aromatic nitrogens is 2. The first-order valence-electron chi connectivity index (χ1n) is 20.9. The highest BCUT2D eigenvalue weighted by Crippen LogP contribution is 2.34. The molecule has 4 aliphatic rings. The van der Waals surface area contributed by atoms with Crippen molar-refractivity contribution in [2.24, 2.45) is 0 Å². The van der Waals surface area contributed by atoms with E-state index in [2.05, 4.69) is 19.8 Å². The quantitative estimate of drug-likeness (QED) is 0.110. The zero-order valence-electron chi connectivity index (χ0n) is 34.0. The predicted molar refractivity (Wildman–Crippen MR) is 227 cm³/mol. The van der Waals surface area contributed by atoms with Gasteiger partial charge in [-0.15, -0.1) is 0 Å². The number of rotatable bonds is 12. The Morgan fingerprint density at radius 1 is 0.952 bits per heavy atom. The van der Waals surface area contributed by atoms with Gasteiger partial charge in [-0.05, 0) is 72.4 Å². The topological polar surface area (TPSA) is 176 Å². The van der Waals surface area contributed by atoms with Crippen molar-refractivity contribution in [3.05, 3.63) is 113 Å². The minimum Gasteiger partial charge on any atom is -0.388 e. The van der Waals surface area contributed by atoms with Gasteiger partial charge in [0.15, 0.2) is 11.6 Å². The molecule has 1 saturated carbocycles. The summed E-state index contributed by atoms with van der Waals surface area (Å²) in [5.74, 6) is -4.12. The number of pyridine rings is 1. The van der Waals surface area contributed by atoms with Crippen molar-refractivity contribution in [2.45, 2.75) is 57.0 Å². The molecule has 0 bridgehead atoms. The van der Waals surface area contributed by atoms with Gasteiger partial charge in [0, 0.05) is 98.9 Å². The molecule has 3 N–H and O–H groups in total. The van der Waals surface area contributed by atoms with Crippen molar-refractivity contribution in [3.8, 4) is 11.1 Å². The van der Waals surface area contributed by atoms with Gasteiger partial charge in [-0.3, -0.25) is 28.8 Å². The van der Waals surface area contributed by atoms with Crippen molar-refractivity contribution >= 4 is 55.9 Å². The highest BCUT2D eigenvalue weighted by molar-refractivity contribution is 7.90. The minimum absolute atomic E-state index is 0.00456. The number of H-pyrrole nitrogens is 1. The second-order valence-corrected chi connectivity index (χ2v) is 18.2. The number of fused-ring (bicyclic) bond motifs is 2. The summed E-state index contributed by atoms with van der Waals surface area (Å²) in [5, 5.41) is 11.4. The number of piperazine rings is 1. The van der Waals surface area contributed by atoms with Gasteiger partial charge >= 0.3 is 10.2 Å². The first-order chi connectivity index (χ1) is 30.2. The van der Waals surface area contributed by atoms with Crippen LogP contribution in [0.25, 0.3) is 22.2 Å². The standard InChI is InChI=1S/C45H44F3N7O7S/c46-30-11-14-54(25-30)63(61,62)51-37-9-8-36(47)41(42(37)48)43(59)35-23-50-44-34(35)20-28(22-49-44)26-1-4-31(5-2-26)53-17-15-52(16-18-53)13-12-39(57)27-3-7-33-29(19-27)24-55(45(33)60)38-10-6-32(56)21-40(38)58/h1-5,7-9,19-20,22-23,30,38-39,51,57H,6,10-18,21,24-25H2,(H,49,50)/t30-,38?,39?/m1/s1. The number of benzene rings is 3. The zero-order chi connectivity index (χ0) is 44.2. The van der Waals surface area contributed by atoms with E-state index in [0.29, 0.717) is 48.0 Å². The second-order valence-electron chi connectivity index (χ2n) is 16.6. The van der Waals surface area contributed by atoms with Gasteiger partial charge in [-0.2, -0.15) is 12.7 Å². The van der Waals surface area contributed by atoms with Crippen molar-refractivity contribution in [1.82, 2.24) is 24.1 Å². The van der Waals surface area contributed by atoms with E-state index in [4.69, 9.17) is 0 Å². The average Bonchev–Trinajstić information content (AvgIpc) is 4.00. The first-order valence-corrected chi connectivity index (χ1v) is 22.3. The van der Waals surface area contributed by atoms with Crippen LogP contribution in [0.4, 0.5) is 24.5 Å². The summed E-state index contributed by atoms with van der Waals surface area (Å²) in [6.07, 6.45) is 1.83. The van der Waals surface area contributed by atoms with Crippen LogP contribution in [-0.2, 0) is 26.3 Å².